The summed E-state index contributed by atoms with van der Waals surface area (Å²) in [4.78, 5) is 11.6. The van der Waals surface area contributed by atoms with E-state index in [1.807, 2.05) is 6.08 Å². The minimum Gasteiger partial charge on any atom is -0.478 e. The van der Waals surface area contributed by atoms with E-state index < -0.39 is 5.97 Å². The van der Waals surface area contributed by atoms with Crippen LogP contribution in [0.25, 0.3) is 0 Å². The molecule has 0 radical (unpaired) electrons. The molecule has 4 atom stereocenters. The summed E-state index contributed by atoms with van der Waals surface area (Å²) in [5.41, 5.74) is 6.12. The molecular weight excluding hydrogens is 260 g/mol. The molecule has 21 heavy (non-hydrogen) atoms. The number of carbonyl (C=O) groups is 1. The predicted octanol–water partition coefficient (Wildman–Crippen LogP) is 4.01. The van der Waals surface area contributed by atoms with Crippen LogP contribution < -0.4 is 0 Å². The topological polar surface area (TPSA) is 37.3 Å². The summed E-state index contributed by atoms with van der Waals surface area (Å²) in [6, 6.07) is 8.78. The van der Waals surface area contributed by atoms with Crippen molar-refractivity contribution >= 4 is 5.97 Å². The highest BCUT2D eigenvalue weighted by Gasteiger charge is 2.54. The van der Waals surface area contributed by atoms with Crippen molar-refractivity contribution in [3.05, 3.63) is 58.2 Å². The van der Waals surface area contributed by atoms with Gasteiger partial charge in [-0.3, -0.25) is 0 Å². The van der Waals surface area contributed by atoms with Gasteiger partial charge in [-0.2, -0.15) is 0 Å². The molecule has 1 N–H and O–H groups in total. The van der Waals surface area contributed by atoms with E-state index in [2.05, 4.69) is 24.3 Å². The van der Waals surface area contributed by atoms with Gasteiger partial charge >= 0.3 is 5.97 Å². The summed E-state index contributed by atoms with van der Waals surface area (Å²) in [6.07, 6.45) is 6.71. The van der Waals surface area contributed by atoms with Gasteiger partial charge in [-0.25, -0.2) is 4.79 Å². The van der Waals surface area contributed by atoms with Gasteiger partial charge in [0.25, 0.3) is 0 Å². The average Bonchev–Trinajstić information content (AvgIpc) is 3.13. The fraction of sp³-hybridized carbons (Fsp3) is 0.421. The molecule has 5 aliphatic rings. The Balaban J connectivity index is 1.77. The number of allylic oxidation sites excluding steroid dienone is 2. The molecule has 2 heteroatoms. The molecule has 1 aromatic rings. The second kappa shape index (κ2) is 3.88. The van der Waals surface area contributed by atoms with Crippen LogP contribution in [-0.2, 0) is 4.79 Å². The Bertz CT molecular complexity index is 725. The Labute approximate surface area is 124 Å². The first kappa shape index (κ1) is 11.8. The van der Waals surface area contributed by atoms with E-state index >= 15 is 0 Å². The zero-order chi connectivity index (χ0) is 14.1. The Morgan fingerprint density at radius 1 is 1.05 bits per heavy atom. The lowest BCUT2D eigenvalue weighted by molar-refractivity contribution is -0.132. The third-order valence-corrected chi connectivity index (χ3v) is 6.23. The van der Waals surface area contributed by atoms with E-state index in [0.29, 0.717) is 23.3 Å². The van der Waals surface area contributed by atoms with Crippen molar-refractivity contribution in [3.63, 3.8) is 0 Å². The molecule has 1 saturated carbocycles. The van der Waals surface area contributed by atoms with Gasteiger partial charge in [0.15, 0.2) is 0 Å². The Morgan fingerprint density at radius 2 is 1.71 bits per heavy atom. The van der Waals surface area contributed by atoms with Crippen molar-refractivity contribution in [2.45, 2.75) is 37.5 Å². The quantitative estimate of drug-likeness (QED) is 0.842. The lowest BCUT2D eigenvalue weighted by Crippen LogP contribution is -2.37. The molecule has 0 amide bonds. The van der Waals surface area contributed by atoms with Crippen molar-refractivity contribution < 1.29 is 9.90 Å². The molecule has 4 unspecified atom stereocenters. The van der Waals surface area contributed by atoms with Crippen LogP contribution in [0.1, 0.15) is 48.6 Å². The zero-order valence-electron chi connectivity index (χ0n) is 11.9. The maximum atomic E-state index is 11.6. The average molecular weight is 278 g/mol. The van der Waals surface area contributed by atoms with Gasteiger partial charge < -0.3 is 5.11 Å². The first-order valence-electron chi connectivity index (χ1n) is 8.03. The van der Waals surface area contributed by atoms with E-state index in [-0.39, 0.29) is 0 Å². The molecule has 0 aliphatic heterocycles. The van der Waals surface area contributed by atoms with Crippen molar-refractivity contribution in [2.24, 2.45) is 11.8 Å². The first-order chi connectivity index (χ1) is 10.3. The number of carboxylic acids is 1. The van der Waals surface area contributed by atoms with E-state index in [9.17, 15) is 9.90 Å². The van der Waals surface area contributed by atoms with Crippen molar-refractivity contribution in [3.8, 4) is 0 Å². The van der Waals surface area contributed by atoms with Crippen LogP contribution in [0.15, 0.2) is 47.1 Å². The molecule has 2 nitrogen and oxygen atoms in total. The number of aliphatic carboxylic acids is 1. The lowest BCUT2D eigenvalue weighted by atomic mass is 9.55. The lowest BCUT2D eigenvalue weighted by Gasteiger charge is -2.48. The normalized spacial score (nSPS) is 35.3. The SMILES string of the molecule is O=C(O)C1=CCC2=C1C1c3ccccc3C2C2CCCC12. The summed E-state index contributed by atoms with van der Waals surface area (Å²) < 4.78 is 0. The number of hydrogen-bond donors (Lipinski definition) is 1. The largest absolute Gasteiger partial charge is 0.478 e. The second-order valence-electron chi connectivity index (χ2n) is 6.91. The van der Waals surface area contributed by atoms with Crippen LogP contribution in [0.4, 0.5) is 0 Å². The summed E-state index contributed by atoms with van der Waals surface area (Å²) >= 11 is 0. The molecule has 6 rings (SSSR count). The van der Waals surface area contributed by atoms with Crippen LogP contribution >= 0.6 is 0 Å². The molecule has 106 valence electrons. The summed E-state index contributed by atoms with van der Waals surface area (Å²) in [7, 11) is 0. The fourth-order valence-electron chi connectivity index (χ4n) is 5.67. The highest BCUT2D eigenvalue weighted by Crippen LogP contribution is 2.65. The predicted molar refractivity (Wildman–Crippen MR) is 80.1 cm³/mol. The number of benzene rings is 1. The minimum atomic E-state index is -0.737. The van der Waals surface area contributed by atoms with Crippen LogP contribution in [0.2, 0.25) is 0 Å². The zero-order valence-corrected chi connectivity index (χ0v) is 11.9. The minimum absolute atomic E-state index is 0.346. The van der Waals surface area contributed by atoms with Gasteiger partial charge in [0.05, 0.1) is 5.57 Å². The number of rotatable bonds is 1. The molecule has 0 aromatic heterocycles. The van der Waals surface area contributed by atoms with Gasteiger partial charge in [0, 0.05) is 11.8 Å². The highest BCUT2D eigenvalue weighted by molar-refractivity contribution is 5.94. The Hall–Kier alpha value is -1.83. The van der Waals surface area contributed by atoms with Crippen LogP contribution in [0.5, 0.6) is 0 Å². The fourth-order valence-corrected chi connectivity index (χ4v) is 5.67. The standard InChI is InChI=1S/C19H18O2/c20-19(21)15-9-8-14-16-10-4-1-2-5-12(10)17(18(14)15)13-7-3-6-11(13)16/h1-2,4-5,9,11,13,16-17H,3,6-8H2,(H,20,21). The molecule has 5 aliphatic carbocycles. The molecule has 0 saturated heterocycles. The molecular formula is C19H18O2. The number of hydrogen-bond acceptors (Lipinski definition) is 1. The van der Waals surface area contributed by atoms with Gasteiger partial charge in [-0.1, -0.05) is 42.3 Å². The highest BCUT2D eigenvalue weighted by atomic mass is 16.4. The first-order valence-corrected chi connectivity index (χ1v) is 8.03. The van der Waals surface area contributed by atoms with Crippen molar-refractivity contribution in [2.75, 3.05) is 0 Å². The van der Waals surface area contributed by atoms with Crippen LogP contribution in [0.3, 0.4) is 0 Å². The summed E-state index contributed by atoms with van der Waals surface area (Å²) in [5, 5.41) is 9.57. The Kier molecular flexibility index (Phi) is 2.18. The van der Waals surface area contributed by atoms with Crippen LogP contribution in [-0.4, -0.2) is 11.1 Å². The van der Waals surface area contributed by atoms with Crippen molar-refractivity contribution in [1.82, 2.24) is 0 Å². The van der Waals surface area contributed by atoms with E-state index in [0.717, 1.165) is 12.3 Å². The third kappa shape index (κ3) is 1.31. The second-order valence-corrected chi connectivity index (χ2v) is 6.91. The van der Waals surface area contributed by atoms with Crippen LogP contribution in [0, 0.1) is 11.8 Å². The van der Waals surface area contributed by atoms with Gasteiger partial charge in [-0.15, -0.1) is 0 Å². The molecule has 1 fully saturated rings. The smallest absolute Gasteiger partial charge is 0.335 e. The summed E-state index contributed by atoms with van der Waals surface area (Å²) in [5.74, 6) is 1.52. The maximum Gasteiger partial charge on any atom is 0.335 e. The molecule has 0 spiro atoms. The van der Waals surface area contributed by atoms with Gasteiger partial charge in [0.2, 0.25) is 0 Å². The Morgan fingerprint density at radius 3 is 2.43 bits per heavy atom. The molecule has 1 aromatic carbocycles. The van der Waals surface area contributed by atoms with Gasteiger partial charge in [0.1, 0.15) is 0 Å². The molecule has 0 heterocycles. The monoisotopic (exact) mass is 278 g/mol. The van der Waals surface area contributed by atoms with Crippen molar-refractivity contribution in [1.29, 1.82) is 0 Å². The van der Waals surface area contributed by atoms with E-state index in [1.54, 1.807) is 0 Å². The third-order valence-electron chi connectivity index (χ3n) is 6.23. The molecule has 2 bridgehead atoms. The number of carboxylic acid groups (broad SMARTS) is 1. The summed E-state index contributed by atoms with van der Waals surface area (Å²) in [6.45, 7) is 0. The van der Waals surface area contributed by atoms with E-state index in [1.165, 1.54) is 41.5 Å². The van der Waals surface area contributed by atoms with Gasteiger partial charge in [-0.05, 0) is 47.8 Å². The maximum absolute atomic E-state index is 11.6. The van der Waals surface area contributed by atoms with E-state index in [4.69, 9.17) is 0 Å².